The van der Waals surface area contributed by atoms with Gasteiger partial charge >= 0.3 is 0 Å². The average molecular weight is 295 g/mol. The van der Waals surface area contributed by atoms with Crippen LogP contribution in [0.15, 0.2) is 5.38 Å². The second kappa shape index (κ2) is 6.02. The minimum absolute atomic E-state index is 0.144. The van der Waals surface area contributed by atoms with Gasteiger partial charge in [0, 0.05) is 30.1 Å². The molecule has 2 rings (SSSR count). The average Bonchev–Trinajstić information content (AvgIpc) is 2.79. The van der Waals surface area contributed by atoms with E-state index in [1.807, 2.05) is 0 Å². The van der Waals surface area contributed by atoms with Gasteiger partial charge in [0.1, 0.15) is 0 Å². The van der Waals surface area contributed by atoms with Crippen LogP contribution in [0, 0.1) is 11.8 Å². The Hall–Kier alpha value is -0.610. The van der Waals surface area contributed by atoms with Gasteiger partial charge in [0.2, 0.25) is 0 Å². The molecule has 3 atom stereocenters. The highest BCUT2D eigenvalue weighted by Gasteiger charge is 2.30. The third-order valence-corrected chi connectivity index (χ3v) is 5.11. The summed E-state index contributed by atoms with van der Waals surface area (Å²) in [6.07, 6.45) is 1.33. The summed E-state index contributed by atoms with van der Waals surface area (Å²) in [5, 5.41) is 6.90. The second-order valence-electron chi connectivity index (χ2n) is 7.44. The molecule has 0 bridgehead atoms. The molecule has 1 aromatic rings. The molecule has 114 valence electrons. The van der Waals surface area contributed by atoms with Gasteiger partial charge in [0.15, 0.2) is 5.13 Å². The molecular weight excluding hydrogens is 266 g/mol. The Bertz CT molecular complexity index is 435. The Morgan fingerprint density at radius 3 is 2.70 bits per heavy atom. The van der Waals surface area contributed by atoms with E-state index in [2.05, 4.69) is 57.1 Å². The van der Waals surface area contributed by atoms with Gasteiger partial charge in [-0.1, -0.05) is 13.8 Å². The number of hydrogen-bond acceptors (Lipinski definition) is 4. The maximum absolute atomic E-state index is 4.84. The van der Waals surface area contributed by atoms with Crippen LogP contribution < -0.4 is 10.2 Å². The maximum atomic E-state index is 4.84. The fraction of sp³-hybridized carbons (Fsp3) is 0.812. The van der Waals surface area contributed by atoms with Crippen molar-refractivity contribution in [2.75, 3.05) is 11.4 Å². The predicted octanol–water partition coefficient (Wildman–Crippen LogP) is 3.90. The minimum Gasteiger partial charge on any atom is -0.345 e. The number of thiazole rings is 1. The van der Waals surface area contributed by atoms with Crippen LogP contribution in [-0.2, 0) is 6.54 Å². The van der Waals surface area contributed by atoms with E-state index < -0.39 is 0 Å². The zero-order valence-electron chi connectivity index (χ0n) is 13.7. The van der Waals surface area contributed by atoms with E-state index >= 15 is 0 Å². The molecule has 1 aromatic heterocycles. The van der Waals surface area contributed by atoms with Gasteiger partial charge in [-0.15, -0.1) is 11.3 Å². The normalized spacial score (nSPS) is 27.9. The van der Waals surface area contributed by atoms with Crippen molar-refractivity contribution in [1.82, 2.24) is 10.3 Å². The Morgan fingerprint density at radius 2 is 2.05 bits per heavy atom. The number of hydrogen-bond donors (Lipinski definition) is 1. The van der Waals surface area contributed by atoms with E-state index in [1.54, 1.807) is 11.3 Å². The van der Waals surface area contributed by atoms with Gasteiger partial charge in [0.05, 0.1) is 5.69 Å². The van der Waals surface area contributed by atoms with Crippen molar-refractivity contribution in [1.29, 1.82) is 0 Å². The molecule has 1 aliphatic heterocycles. The summed E-state index contributed by atoms with van der Waals surface area (Å²) in [5.74, 6) is 1.51. The van der Waals surface area contributed by atoms with Crippen molar-refractivity contribution in [3.63, 3.8) is 0 Å². The van der Waals surface area contributed by atoms with Crippen molar-refractivity contribution in [3.8, 4) is 0 Å². The summed E-state index contributed by atoms with van der Waals surface area (Å²) in [7, 11) is 0. The van der Waals surface area contributed by atoms with Crippen LogP contribution in [0.5, 0.6) is 0 Å². The van der Waals surface area contributed by atoms with Crippen molar-refractivity contribution in [2.45, 2.75) is 66.1 Å². The molecule has 1 N–H and O–H groups in total. The smallest absolute Gasteiger partial charge is 0.185 e. The lowest BCUT2D eigenvalue weighted by atomic mass is 9.86. The number of piperidine rings is 1. The first-order valence-electron chi connectivity index (χ1n) is 7.72. The molecule has 1 aliphatic rings. The first kappa shape index (κ1) is 15.8. The number of nitrogens with zero attached hydrogens (tertiary/aromatic N) is 2. The summed E-state index contributed by atoms with van der Waals surface area (Å²) >= 11 is 1.79. The minimum atomic E-state index is 0.144. The van der Waals surface area contributed by atoms with Gasteiger partial charge in [-0.25, -0.2) is 4.98 Å². The van der Waals surface area contributed by atoms with Gasteiger partial charge in [-0.05, 0) is 46.0 Å². The fourth-order valence-corrected chi connectivity index (χ4v) is 3.76. The lowest BCUT2D eigenvalue weighted by molar-refractivity contribution is 0.296. The Morgan fingerprint density at radius 1 is 1.35 bits per heavy atom. The fourth-order valence-electron chi connectivity index (χ4n) is 2.83. The highest BCUT2D eigenvalue weighted by molar-refractivity contribution is 7.13. The number of anilines is 1. The van der Waals surface area contributed by atoms with E-state index in [0.29, 0.717) is 6.04 Å². The standard InChI is InChI=1S/C16H29N3S/c1-11-7-12(2)13(3)19(9-11)15-18-14(10-20-15)8-17-16(4,5)6/h10-13,17H,7-9H2,1-6H3. The third-order valence-electron chi connectivity index (χ3n) is 4.18. The van der Waals surface area contributed by atoms with Gasteiger partial charge in [-0.3, -0.25) is 0 Å². The lowest BCUT2D eigenvalue weighted by Gasteiger charge is -2.41. The molecule has 3 unspecified atom stereocenters. The Balaban J connectivity index is 2.04. The van der Waals surface area contributed by atoms with Gasteiger partial charge < -0.3 is 10.2 Å². The second-order valence-corrected chi connectivity index (χ2v) is 8.27. The Kier molecular flexibility index (Phi) is 4.75. The van der Waals surface area contributed by atoms with Crippen LogP contribution in [0.3, 0.4) is 0 Å². The van der Waals surface area contributed by atoms with Crippen LogP contribution in [0.25, 0.3) is 0 Å². The molecule has 0 spiro atoms. The van der Waals surface area contributed by atoms with Crippen molar-refractivity contribution in [2.24, 2.45) is 11.8 Å². The maximum Gasteiger partial charge on any atom is 0.185 e. The summed E-state index contributed by atoms with van der Waals surface area (Å²) in [6.45, 7) is 15.6. The van der Waals surface area contributed by atoms with E-state index in [0.717, 1.165) is 30.6 Å². The lowest BCUT2D eigenvalue weighted by Crippen LogP contribution is -2.45. The van der Waals surface area contributed by atoms with E-state index in [4.69, 9.17) is 4.98 Å². The van der Waals surface area contributed by atoms with Crippen LogP contribution in [-0.4, -0.2) is 23.1 Å². The monoisotopic (exact) mass is 295 g/mol. The molecular formula is C16H29N3S. The number of rotatable bonds is 3. The first-order chi connectivity index (χ1) is 9.26. The van der Waals surface area contributed by atoms with E-state index in [-0.39, 0.29) is 5.54 Å². The molecule has 0 aromatic carbocycles. The summed E-state index contributed by atoms with van der Waals surface area (Å²) in [5.41, 5.74) is 1.31. The molecule has 20 heavy (non-hydrogen) atoms. The summed E-state index contributed by atoms with van der Waals surface area (Å²) in [6, 6.07) is 0.598. The zero-order chi connectivity index (χ0) is 14.9. The van der Waals surface area contributed by atoms with E-state index in [1.165, 1.54) is 11.6 Å². The molecule has 0 amide bonds. The van der Waals surface area contributed by atoms with Crippen molar-refractivity contribution in [3.05, 3.63) is 11.1 Å². The highest BCUT2D eigenvalue weighted by Crippen LogP contribution is 2.33. The molecule has 0 radical (unpaired) electrons. The molecule has 0 aliphatic carbocycles. The predicted molar refractivity (Wildman–Crippen MR) is 88.5 cm³/mol. The molecule has 1 fully saturated rings. The molecule has 4 heteroatoms. The highest BCUT2D eigenvalue weighted by atomic mass is 32.1. The van der Waals surface area contributed by atoms with Crippen LogP contribution in [0.1, 0.15) is 53.7 Å². The largest absolute Gasteiger partial charge is 0.345 e. The van der Waals surface area contributed by atoms with Crippen LogP contribution in [0.4, 0.5) is 5.13 Å². The molecule has 1 saturated heterocycles. The Labute approximate surface area is 127 Å². The quantitative estimate of drug-likeness (QED) is 0.916. The van der Waals surface area contributed by atoms with Crippen LogP contribution in [0.2, 0.25) is 0 Å². The van der Waals surface area contributed by atoms with Gasteiger partial charge in [-0.2, -0.15) is 0 Å². The third kappa shape index (κ3) is 3.95. The first-order valence-corrected chi connectivity index (χ1v) is 8.60. The SMILES string of the molecule is CC1CC(C)C(C)N(c2nc(CNC(C)(C)C)cs2)C1. The van der Waals surface area contributed by atoms with E-state index in [9.17, 15) is 0 Å². The molecule has 0 saturated carbocycles. The zero-order valence-corrected chi connectivity index (χ0v) is 14.5. The molecule has 3 nitrogen and oxygen atoms in total. The molecule has 2 heterocycles. The van der Waals surface area contributed by atoms with Crippen LogP contribution >= 0.6 is 11.3 Å². The topological polar surface area (TPSA) is 28.2 Å². The summed E-state index contributed by atoms with van der Waals surface area (Å²) in [4.78, 5) is 7.34. The summed E-state index contributed by atoms with van der Waals surface area (Å²) < 4.78 is 0. The number of nitrogens with one attached hydrogen (secondary N) is 1. The van der Waals surface area contributed by atoms with Crippen molar-refractivity contribution >= 4 is 16.5 Å². The number of aromatic nitrogens is 1. The van der Waals surface area contributed by atoms with Gasteiger partial charge in [0.25, 0.3) is 0 Å². The van der Waals surface area contributed by atoms with Crippen molar-refractivity contribution < 1.29 is 0 Å².